The first-order valence-electron chi connectivity index (χ1n) is 11.6. The molecule has 0 saturated carbocycles. The molecule has 1 atom stereocenters. The summed E-state index contributed by atoms with van der Waals surface area (Å²) in [7, 11) is 2.98. The zero-order chi connectivity index (χ0) is 26.9. The molecule has 1 aliphatic heterocycles. The van der Waals surface area contributed by atoms with Crippen LogP contribution in [-0.2, 0) is 14.4 Å². The van der Waals surface area contributed by atoms with Gasteiger partial charge in [0.1, 0.15) is 17.3 Å². The highest BCUT2D eigenvalue weighted by atomic mass is 16.5. The highest BCUT2D eigenvalue weighted by Gasteiger charge is 2.48. The molecule has 3 aromatic carbocycles. The van der Waals surface area contributed by atoms with Crippen LogP contribution in [0.2, 0.25) is 0 Å². The molecule has 3 aromatic rings. The number of carbonyl (C=O) groups excluding carboxylic acids is 3. The lowest BCUT2D eigenvalue weighted by Gasteiger charge is -2.27. The lowest BCUT2D eigenvalue weighted by atomic mass is 9.93. The van der Waals surface area contributed by atoms with Crippen molar-refractivity contribution in [2.75, 3.05) is 24.4 Å². The molecule has 1 unspecified atom stereocenters. The molecule has 37 heavy (non-hydrogen) atoms. The van der Waals surface area contributed by atoms with Crippen LogP contribution in [0.5, 0.6) is 11.5 Å². The minimum atomic E-state index is -1.01. The Morgan fingerprint density at radius 2 is 1.70 bits per heavy atom. The third-order valence-electron chi connectivity index (χ3n) is 6.20. The van der Waals surface area contributed by atoms with Crippen molar-refractivity contribution < 1.29 is 29.0 Å². The van der Waals surface area contributed by atoms with Gasteiger partial charge in [-0.25, -0.2) is 0 Å². The third-order valence-corrected chi connectivity index (χ3v) is 6.20. The summed E-state index contributed by atoms with van der Waals surface area (Å²) in [6.07, 6.45) is 0. The van der Waals surface area contributed by atoms with Gasteiger partial charge in [-0.1, -0.05) is 30.3 Å². The van der Waals surface area contributed by atoms with Gasteiger partial charge in [0.2, 0.25) is 5.91 Å². The Bertz CT molecular complexity index is 1440. The largest absolute Gasteiger partial charge is 0.507 e. The number of Topliss-reactive ketones (excluding diaryl/α,β-unsaturated/α-hetero) is 1. The van der Waals surface area contributed by atoms with Gasteiger partial charge < -0.3 is 19.9 Å². The number of carbonyl (C=O) groups is 3. The fraction of sp³-hybridized carbons (Fsp3) is 0.207. The molecule has 0 bridgehead atoms. The summed E-state index contributed by atoms with van der Waals surface area (Å²) in [5.41, 5.74) is 3.19. The van der Waals surface area contributed by atoms with Crippen molar-refractivity contribution in [1.82, 2.24) is 0 Å². The number of hydrogen-bond donors (Lipinski definition) is 2. The van der Waals surface area contributed by atoms with Gasteiger partial charge in [0, 0.05) is 23.9 Å². The maximum Gasteiger partial charge on any atom is 0.300 e. The number of anilines is 2. The van der Waals surface area contributed by atoms with Gasteiger partial charge in [0.25, 0.3) is 11.7 Å². The average molecular weight is 501 g/mol. The molecule has 2 amide bonds. The number of benzene rings is 3. The van der Waals surface area contributed by atoms with E-state index in [4.69, 9.17) is 9.47 Å². The molecule has 1 aliphatic rings. The number of aliphatic hydroxyl groups excluding tert-OH is 1. The number of nitrogens with zero attached hydrogens (tertiary/aromatic N) is 1. The summed E-state index contributed by atoms with van der Waals surface area (Å²) in [4.78, 5) is 40.0. The number of ketones is 1. The number of rotatable bonds is 6. The molecule has 190 valence electrons. The van der Waals surface area contributed by atoms with E-state index in [0.717, 1.165) is 11.1 Å². The first-order chi connectivity index (χ1) is 17.7. The predicted molar refractivity (Wildman–Crippen MR) is 141 cm³/mol. The zero-order valence-electron chi connectivity index (χ0n) is 21.3. The Balaban J connectivity index is 2.02. The van der Waals surface area contributed by atoms with Crippen molar-refractivity contribution in [3.05, 3.63) is 88.5 Å². The van der Waals surface area contributed by atoms with Gasteiger partial charge in [0.15, 0.2) is 0 Å². The van der Waals surface area contributed by atoms with E-state index in [-0.39, 0.29) is 17.2 Å². The first-order valence-corrected chi connectivity index (χ1v) is 11.6. The Kier molecular flexibility index (Phi) is 7.02. The van der Waals surface area contributed by atoms with E-state index < -0.39 is 17.7 Å². The number of methoxy groups -OCH3 is 2. The molecule has 4 rings (SSSR count). The van der Waals surface area contributed by atoms with Crippen LogP contribution in [0.1, 0.15) is 35.2 Å². The number of ether oxygens (including phenoxy) is 2. The van der Waals surface area contributed by atoms with E-state index in [9.17, 15) is 19.5 Å². The summed E-state index contributed by atoms with van der Waals surface area (Å²) < 4.78 is 11.1. The summed E-state index contributed by atoms with van der Waals surface area (Å²) >= 11 is 0. The Hall–Kier alpha value is -4.59. The zero-order valence-corrected chi connectivity index (χ0v) is 21.3. The van der Waals surface area contributed by atoms with Crippen LogP contribution in [0.4, 0.5) is 11.4 Å². The standard InChI is InChI=1S/C29H28N2O6/c1-16-13-17(2)28(37-5)22(14-16)26(33)24-25(21-11-6-7-12-23(21)36-4)31(29(35)27(24)34)20-10-8-9-19(15-20)30-18(3)32/h6-15,25,33H,1-5H3,(H,30,32)/b26-24+. The van der Waals surface area contributed by atoms with E-state index >= 15 is 0 Å². The van der Waals surface area contributed by atoms with Crippen LogP contribution in [0.25, 0.3) is 5.76 Å². The van der Waals surface area contributed by atoms with Crippen molar-refractivity contribution in [1.29, 1.82) is 0 Å². The van der Waals surface area contributed by atoms with Gasteiger partial charge >= 0.3 is 0 Å². The lowest BCUT2D eigenvalue weighted by Crippen LogP contribution is -2.29. The third kappa shape index (κ3) is 4.65. The predicted octanol–water partition coefficient (Wildman–Crippen LogP) is 4.91. The highest BCUT2D eigenvalue weighted by molar-refractivity contribution is 6.51. The molecule has 0 spiro atoms. The van der Waals surface area contributed by atoms with Gasteiger partial charge in [0.05, 0.1) is 31.4 Å². The number of aryl methyl sites for hydroxylation is 2. The summed E-state index contributed by atoms with van der Waals surface area (Å²) in [5.74, 6) is -1.45. The molecule has 0 aromatic heterocycles. The average Bonchev–Trinajstić information content (AvgIpc) is 3.13. The van der Waals surface area contributed by atoms with Gasteiger partial charge in [-0.2, -0.15) is 0 Å². The van der Waals surface area contributed by atoms with E-state index in [1.54, 1.807) is 54.6 Å². The van der Waals surface area contributed by atoms with E-state index in [0.29, 0.717) is 34.0 Å². The SMILES string of the molecule is COc1ccccc1C1/C(=C(\O)c2cc(C)cc(C)c2OC)C(=O)C(=O)N1c1cccc(NC(C)=O)c1. The number of nitrogens with one attached hydrogen (secondary N) is 1. The summed E-state index contributed by atoms with van der Waals surface area (Å²) in [6.45, 7) is 5.09. The van der Waals surface area contributed by atoms with Crippen molar-refractivity contribution in [3.8, 4) is 11.5 Å². The molecule has 8 nitrogen and oxygen atoms in total. The number of para-hydroxylation sites is 1. The molecule has 2 N–H and O–H groups in total. The van der Waals surface area contributed by atoms with Crippen LogP contribution < -0.4 is 19.7 Å². The summed E-state index contributed by atoms with van der Waals surface area (Å²) in [6, 6.07) is 16.2. The fourth-order valence-corrected chi connectivity index (χ4v) is 4.77. The van der Waals surface area contributed by atoms with Crippen LogP contribution in [0, 0.1) is 13.8 Å². The Labute approximate surface area is 215 Å². The minimum Gasteiger partial charge on any atom is -0.507 e. The maximum absolute atomic E-state index is 13.6. The second kappa shape index (κ2) is 10.2. The smallest absolute Gasteiger partial charge is 0.300 e. The molecule has 0 radical (unpaired) electrons. The van der Waals surface area contributed by atoms with E-state index in [2.05, 4.69) is 5.32 Å². The van der Waals surface area contributed by atoms with Crippen molar-refractivity contribution in [2.24, 2.45) is 0 Å². The number of hydrogen-bond acceptors (Lipinski definition) is 6. The fourth-order valence-electron chi connectivity index (χ4n) is 4.77. The molecular weight excluding hydrogens is 472 g/mol. The van der Waals surface area contributed by atoms with Gasteiger partial charge in [-0.15, -0.1) is 0 Å². The summed E-state index contributed by atoms with van der Waals surface area (Å²) in [5, 5.41) is 14.3. The van der Waals surface area contributed by atoms with Crippen LogP contribution in [-0.4, -0.2) is 36.9 Å². The molecular formula is C29H28N2O6. The monoisotopic (exact) mass is 500 g/mol. The van der Waals surface area contributed by atoms with Crippen LogP contribution >= 0.6 is 0 Å². The van der Waals surface area contributed by atoms with Crippen molar-refractivity contribution in [3.63, 3.8) is 0 Å². The van der Waals surface area contributed by atoms with E-state index in [1.807, 2.05) is 19.9 Å². The van der Waals surface area contributed by atoms with Crippen LogP contribution in [0.15, 0.2) is 66.2 Å². The highest BCUT2D eigenvalue weighted by Crippen LogP contribution is 2.46. The molecule has 1 fully saturated rings. The topological polar surface area (TPSA) is 105 Å². The molecule has 1 heterocycles. The lowest BCUT2D eigenvalue weighted by molar-refractivity contribution is -0.132. The molecule has 1 saturated heterocycles. The van der Waals surface area contributed by atoms with Crippen LogP contribution in [0.3, 0.4) is 0 Å². The second-order valence-corrected chi connectivity index (χ2v) is 8.81. The Morgan fingerprint density at radius 1 is 0.973 bits per heavy atom. The quantitative estimate of drug-likeness (QED) is 0.283. The first kappa shape index (κ1) is 25.5. The number of amides is 2. The maximum atomic E-state index is 13.6. The van der Waals surface area contributed by atoms with Gasteiger partial charge in [-0.3, -0.25) is 19.3 Å². The minimum absolute atomic E-state index is 0.0947. The second-order valence-electron chi connectivity index (χ2n) is 8.81. The Morgan fingerprint density at radius 3 is 2.38 bits per heavy atom. The molecule has 0 aliphatic carbocycles. The number of aliphatic hydroxyl groups is 1. The van der Waals surface area contributed by atoms with Crippen molar-refractivity contribution >= 4 is 34.7 Å². The molecule has 8 heteroatoms. The normalized spacial score (nSPS) is 16.6. The van der Waals surface area contributed by atoms with E-state index in [1.165, 1.54) is 26.0 Å². The van der Waals surface area contributed by atoms with Gasteiger partial charge in [-0.05, 0) is 55.3 Å². The van der Waals surface area contributed by atoms with Crippen molar-refractivity contribution in [2.45, 2.75) is 26.8 Å².